The average Bonchev–Trinajstić information content (AvgIpc) is 2.42. The standard InChI is InChI=1S/C11H9ClFNO/c1-11(2)4-6-8(12)3-9(13)7(5-14)10(6)15-11/h3H,4H2,1-2H3. The topological polar surface area (TPSA) is 33.0 Å². The van der Waals surface area contributed by atoms with Gasteiger partial charge in [0, 0.05) is 12.0 Å². The molecule has 1 aliphatic heterocycles. The van der Waals surface area contributed by atoms with E-state index >= 15 is 0 Å². The summed E-state index contributed by atoms with van der Waals surface area (Å²) in [6, 6.07) is 2.97. The number of nitrogens with zero attached hydrogens (tertiary/aromatic N) is 1. The molecule has 1 aliphatic rings. The van der Waals surface area contributed by atoms with Crippen LogP contribution in [-0.2, 0) is 6.42 Å². The van der Waals surface area contributed by atoms with Gasteiger partial charge in [-0.2, -0.15) is 5.26 Å². The van der Waals surface area contributed by atoms with Gasteiger partial charge in [-0.3, -0.25) is 0 Å². The molecule has 0 aromatic heterocycles. The smallest absolute Gasteiger partial charge is 0.146 e. The molecule has 78 valence electrons. The summed E-state index contributed by atoms with van der Waals surface area (Å²) in [4.78, 5) is 0. The van der Waals surface area contributed by atoms with Crippen molar-refractivity contribution < 1.29 is 9.13 Å². The fraction of sp³-hybridized carbons (Fsp3) is 0.364. The molecule has 1 aromatic carbocycles. The van der Waals surface area contributed by atoms with Crippen LogP contribution >= 0.6 is 11.6 Å². The lowest BCUT2D eigenvalue weighted by Crippen LogP contribution is -2.24. The van der Waals surface area contributed by atoms with Crippen LogP contribution in [0.4, 0.5) is 4.39 Å². The highest BCUT2D eigenvalue weighted by Crippen LogP contribution is 2.42. The minimum absolute atomic E-state index is 0.0556. The van der Waals surface area contributed by atoms with Crippen LogP contribution in [0.15, 0.2) is 6.07 Å². The molecule has 0 spiro atoms. The van der Waals surface area contributed by atoms with E-state index in [0.29, 0.717) is 17.2 Å². The molecular weight excluding hydrogens is 217 g/mol. The van der Waals surface area contributed by atoms with E-state index in [1.807, 2.05) is 13.8 Å². The van der Waals surface area contributed by atoms with Crippen molar-refractivity contribution in [2.45, 2.75) is 25.9 Å². The summed E-state index contributed by atoms with van der Waals surface area (Å²) in [5.74, 6) is -0.327. The highest BCUT2D eigenvalue weighted by atomic mass is 35.5. The molecule has 0 fully saturated rings. The number of rotatable bonds is 0. The van der Waals surface area contributed by atoms with Gasteiger partial charge in [-0.25, -0.2) is 4.39 Å². The monoisotopic (exact) mass is 225 g/mol. The Labute approximate surface area is 92.2 Å². The predicted octanol–water partition coefficient (Wildman–Crippen LogP) is 3.06. The van der Waals surface area contributed by atoms with Crippen molar-refractivity contribution in [2.75, 3.05) is 0 Å². The molecule has 2 nitrogen and oxygen atoms in total. The molecule has 0 saturated carbocycles. The first-order chi connectivity index (χ1) is 6.94. The number of hydrogen-bond acceptors (Lipinski definition) is 2. The van der Waals surface area contributed by atoms with Crippen LogP contribution in [0, 0.1) is 17.1 Å². The Balaban J connectivity index is 2.68. The number of nitriles is 1. The molecule has 0 saturated heterocycles. The molecule has 1 heterocycles. The van der Waals surface area contributed by atoms with Gasteiger partial charge in [-0.1, -0.05) is 11.6 Å². The lowest BCUT2D eigenvalue weighted by atomic mass is 10.0. The number of benzene rings is 1. The highest BCUT2D eigenvalue weighted by Gasteiger charge is 2.35. The maximum absolute atomic E-state index is 13.4. The average molecular weight is 226 g/mol. The SMILES string of the molecule is CC1(C)Cc2c(Cl)cc(F)c(C#N)c2O1. The fourth-order valence-corrected chi connectivity index (χ4v) is 2.01. The first-order valence-corrected chi connectivity index (χ1v) is 4.92. The van der Waals surface area contributed by atoms with E-state index in [-0.39, 0.29) is 5.56 Å². The van der Waals surface area contributed by atoms with Crippen LogP contribution in [0.1, 0.15) is 25.0 Å². The second kappa shape index (κ2) is 3.11. The minimum Gasteiger partial charge on any atom is -0.486 e. The molecule has 1 aromatic rings. The van der Waals surface area contributed by atoms with Gasteiger partial charge in [-0.05, 0) is 19.9 Å². The summed E-state index contributed by atoms with van der Waals surface area (Å²) in [5.41, 5.74) is 0.241. The molecule has 0 amide bonds. The Hall–Kier alpha value is -1.27. The van der Waals surface area contributed by atoms with Crippen LogP contribution < -0.4 is 4.74 Å². The summed E-state index contributed by atoms with van der Waals surface area (Å²) >= 11 is 5.90. The third-order valence-electron chi connectivity index (χ3n) is 2.37. The summed E-state index contributed by atoms with van der Waals surface area (Å²) in [7, 11) is 0. The zero-order valence-corrected chi connectivity index (χ0v) is 9.15. The van der Waals surface area contributed by atoms with E-state index in [1.54, 1.807) is 6.07 Å². The van der Waals surface area contributed by atoms with Gasteiger partial charge in [-0.15, -0.1) is 0 Å². The van der Waals surface area contributed by atoms with Crippen LogP contribution in [0.2, 0.25) is 5.02 Å². The van der Waals surface area contributed by atoms with Gasteiger partial charge in [0.15, 0.2) is 0 Å². The van der Waals surface area contributed by atoms with Crippen molar-refractivity contribution in [3.05, 3.63) is 28.0 Å². The number of fused-ring (bicyclic) bond motifs is 1. The number of hydrogen-bond donors (Lipinski definition) is 0. The molecule has 0 bridgehead atoms. The third kappa shape index (κ3) is 1.55. The molecule has 4 heteroatoms. The minimum atomic E-state index is -0.626. The van der Waals surface area contributed by atoms with Crippen molar-refractivity contribution in [1.29, 1.82) is 5.26 Å². The van der Waals surface area contributed by atoms with Crippen LogP contribution in [0.3, 0.4) is 0 Å². The van der Waals surface area contributed by atoms with Gasteiger partial charge < -0.3 is 4.74 Å². The lowest BCUT2D eigenvalue weighted by molar-refractivity contribution is 0.138. The third-order valence-corrected chi connectivity index (χ3v) is 2.71. The molecule has 0 radical (unpaired) electrons. The van der Waals surface area contributed by atoms with E-state index in [4.69, 9.17) is 21.6 Å². The van der Waals surface area contributed by atoms with Gasteiger partial charge in [0.25, 0.3) is 0 Å². The Kier molecular flexibility index (Phi) is 2.13. The van der Waals surface area contributed by atoms with E-state index in [2.05, 4.69) is 0 Å². The van der Waals surface area contributed by atoms with Crippen molar-refractivity contribution in [3.63, 3.8) is 0 Å². The Morgan fingerprint density at radius 3 is 2.87 bits per heavy atom. The largest absolute Gasteiger partial charge is 0.486 e. The summed E-state index contributed by atoms with van der Waals surface area (Å²) in [5, 5.41) is 9.16. The van der Waals surface area contributed by atoms with Gasteiger partial charge in [0.05, 0.1) is 5.02 Å². The molecule has 15 heavy (non-hydrogen) atoms. The van der Waals surface area contributed by atoms with Crippen LogP contribution in [0.5, 0.6) is 5.75 Å². The molecular formula is C11H9ClFNO. The van der Waals surface area contributed by atoms with E-state index in [1.165, 1.54) is 6.07 Å². The maximum atomic E-state index is 13.4. The first kappa shape index (κ1) is 10.3. The van der Waals surface area contributed by atoms with E-state index in [9.17, 15) is 4.39 Å². The van der Waals surface area contributed by atoms with Gasteiger partial charge in [0.1, 0.15) is 28.8 Å². The zero-order chi connectivity index (χ0) is 11.2. The molecule has 0 N–H and O–H groups in total. The summed E-state index contributed by atoms with van der Waals surface area (Å²) in [6.07, 6.45) is 0.593. The van der Waals surface area contributed by atoms with Crippen molar-refractivity contribution >= 4 is 11.6 Å². The molecule has 2 rings (SSSR count). The number of ether oxygens (including phenoxy) is 1. The van der Waals surface area contributed by atoms with Gasteiger partial charge in [0.2, 0.25) is 0 Å². The summed E-state index contributed by atoms with van der Waals surface area (Å²) < 4.78 is 18.9. The Morgan fingerprint density at radius 1 is 1.60 bits per heavy atom. The second-order valence-corrected chi connectivity index (χ2v) is 4.58. The number of halogens is 2. The summed E-state index contributed by atoms with van der Waals surface area (Å²) in [6.45, 7) is 3.75. The molecule has 0 unspecified atom stereocenters. The Bertz CT molecular complexity index is 476. The van der Waals surface area contributed by atoms with Crippen LogP contribution in [0.25, 0.3) is 0 Å². The zero-order valence-electron chi connectivity index (χ0n) is 8.40. The highest BCUT2D eigenvalue weighted by molar-refractivity contribution is 6.31. The normalized spacial score (nSPS) is 16.7. The van der Waals surface area contributed by atoms with Crippen molar-refractivity contribution in [1.82, 2.24) is 0 Å². The maximum Gasteiger partial charge on any atom is 0.146 e. The second-order valence-electron chi connectivity index (χ2n) is 4.17. The first-order valence-electron chi connectivity index (χ1n) is 4.54. The Morgan fingerprint density at radius 2 is 2.27 bits per heavy atom. The molecule has 0 aliphatic carbocycles. The lowest BCUT2D eigenvalue weighted by Gasteiger charge is -2.17. The van der Waals surface area contributed by atoms with E-state index < -0.39 is 11.4 Å². The van der Waals surface area contributed by atoms with Crippen LogP contribution in [-0.4, -0.2) is 5.60 Å². The predicted molar refractivity (Wildman–Crippen MR) is 54.5 cm³/mol. The fourth-order valence-electron chi connectivity index (χ4n) is 1.76. The van der Waals surface area contributed by atoms with Gasteiger partial charge >= 0.3 is 0 Å². The van der Waals surface area contributed by atoms with Crippen molar-refractivity contribution in [2.24, 2.45) is 0 Å². The molecule has 0 atom stereocenters. The van der Waals surface area contributed by atoms with Crippen molar-refractivity contribution in [3.8, 4) is 11.8 Å². The van der Waals surface area contributed by atoms with E-state index in [0.717, 1.165) is 5.56 Å². The quantitative estimate of drug-likeness (QED) is 0.680.